The Morgan fingerprint density at radius 3 is 2.31 bits per heavy atom. The smallest absolute Gasteiger partial charge is 0.219 e. The standard InChI is InChI=1S/C19H20Cl3N3O/c1-12(26)24-8-9-25(17-7-6-15(21)10-16(17)22)19(18(24)11-23)13-2-4-14(20)5-3-13/h2-7,10,18-19H,8-9,11,23H2,1H3/t18-,19+/m1/s1. The molecule has 0 aromatic heterocycles. The summed E-state index contributed by atoms with van der Waals surface area (Å²) >= 11 is 18.6. The molecule has 0 unspecified atom stereocenters. The van der Waals surface area contributed by atoms with Crippen LogP contribution in [0.25, 0.3) is 0 Å². The second-order valence-electron chi connectivity index (χ2n) is 6.30. The number of amides is 1. The van der Waals surface area contributed by atoms with Gasteiger partial charge in [0.1, 0.15) is 0 Å². The number of anilines is 1. The highest BCUT2D eigenvalue weighted by molar-refractivity contribution is 6.36. The molecule has 138 valence electrons. The third-order valence-corrected chi connectivity index (χ3v) is 5.55. The van der Waals surface area contributed by atoms with Crippen molar-refractivity contribution in [2.75, 3.05) is 24.5 Å². The van der Waals surface area contributed by atoms with Gasteiger partial charge < -0.3 is 15.5 Å². The van der Waals surface area contributed by atoms with Crippen LogP contribution < -0.4 is 10.6 Å². The molecule has 2 N–H and O–H groups in total. The summed E-state index contributed by atoms with van der Waals surface area (Å²) in [6.07, 6.45) is 0. The minimum Gasteiger partial charge on any atom is -0.359 e. The molecule has 2 aromatic rings. The lowest BCUT2D eigenvalue weighted by atomic mass is 9.93. The molecule has 7 heteroatoms. The molecule has 1 aliphatic heterocycles. The first-order valence-electron chi connectivity index (χ1n) is 8.37. The lowest BCUT2D eigenvalue weighted by Crippen LogP contribution is -2.59. The summed E-state index contributed by atoms with van der Waals surface area (Å²) in [5.41, 5.74) is 7.99. The van der Waals surface area contributed by atoms with E-state index in [1.165, 1.54) is 0 Å². The van der Waals surface area contributed by atoms with E-state index in [2.05, 4.69) is 4.90 Å². The van der Waals surface area contributed by atoms with Crippen LogP contribution in [0.2, 0.25) is 15.1 Å². The molecule has 26 heavy (non-hydrogen) atoms. The van der Waals surface area contributed by atoms with Crippen molar-refractivity contribution in [1.29, 1.82) is 0 Å². The van der Waals surface area contributed by atoms with Gasteiger partial charge in [-0.1, -0.05) is 46.9 Å². The third kappa shape index (κ3) is 3.79. The van der Waals surface area contributed by atoms with Crippen molar-refractivity contribution >= 4 is 46.4 Å². The maximum atomic E-state index is 12.1. The predicted octanol–water partition coefficient (Wildman–Crippen LogP) is 4.38. The fourth-order valence-electron chi connectivity index (χ4n) is 3.59. The van der Waals surface area contributed by atoms with Crippen LogP contribution in [0.3, 0.4) is 0 Å². The summed E-state index contributed by atoms with van der Waals surface area (Å²) in [5.74, 6) is 0.0151. The topological polar surface area (TPSA) is 49.6 Å². The number of carbonyl (C=O) groups excluding carboxylic acids is 1. The molecule has 1 heterocycles. The first-order valence-corrected chi connectivity index (χ1v) is 9.50. The predicted molar refractivity (Wildman–Crippen MR) is 108 cm³/mol. The van der Waals surface area contributed by atoms with Crippen LogP contribution in [0.15, 0.2) is 42.5 Å². The average Bonchev–Trinajstić information content (AvgIpc) is 2.61. The van der Waals surface area contributed by atoms with Gasteiger partial charge in [-0.25, -0.2) is 0 Å². The summed E-state index contributed by atoms with van der Waals surface area (Å²) in [6, 6.07) is 12.8. The zero-order chi connectivity index (χ0) is 18.8. The van der Waals surface area contributed by atoms with Gasteiger partial charge in [0.25, 0.3) is 0 Å². The van der Waals surface area contributed by atoms with Crippen LogP contribution >= 0.6 is 34.8 Å². The number of rotatable bonds is 3. The minimum absolute atomic E-state index is 0.0151. The number of nitrogens with zero attached hydrogens (tertiary/aromatic N) is 2. The van der Waals surface area contributed by atoms with Crippen LogP contribution in [0, 0.1) is 0 Å². The quantitative estimate of drug-likeness (QED) is 0.813. The molecule has 1 fully saturated rings. The van der Waals surface area contributed by atoms with E-state index in [0.717, 1.165) is 11.3 Å². The van der Waals surface area contributed by atoms with Gasteiger partial charge in [0.2, 0.25) is 5.91 Å². The van der Waals surface area contributed by atoms with E-state index in [1.54, 1.807) is 13.0 Å². The fourth-order valence-corrected chi connectivity index (χ4v) is 4.24. The molecule has 0 bridgehead atoms. The zero-order valence-corrected chi connectivity index (χ0v) is 16.6. The molecule has 4 nitrogen and oxygen atoms in total. The average molecular weight is 413 g/mol. The SMILES string of the molecule is CC(=O)N1CCN(c2ccc(Cl)cc2Cl)[C@@H](c2ccc(Cl)cc2)[C@H]1CN. The van der Waals surface area contributed by atoms with Gasteiger partial charge in [0.15, 0.2) is 0 Å². The van der Waals surface area contributed by atoms with Gasteiger partial charge >= 0.3 is 0 Å². The molecule has 2 aromatic carbocycles. The molecule has 0 radical (unpaired) electrons. The van der Waals surface area contributed by atoms with E-state index >= 15 is 0 Å². The van der Waals surface area contributed by atoms with Gasteiger partial charge in [-0.15, -0.1) is 0 Å². The zero-order valence-electron chi connectivity index (χ0n) is 14.3. The van der Waals surface area contributed by atoms with Crippen molar-refractivity contribution in [2.24, 2.45) is 5.73 Å². The normalized spacial score (nSPS) is 20.3. The lowest BCUT2D eigenvalue weighted by molar-refractivity contribution is -0.132. The molecular weight excluding hydrogens is 393 g/mol. The van der Waals surface area contributed by atoms with Crippen LogP contribution in [0.1, 0.15) is 18.5 Å². The molecule has 0 saturated carbocycles. The summed E-state index contributed by atoms with van der Waals surface area (Å²) in [6.45, 7) is 3.14. The monoisotopic (exact) mass is 411 g/mol. The summed E-state index contributed by atoms with van der Waals surface area (Å²) < 4.78 is 0. The van der Waals surface area contributed by atoms with Crippen molar-refractivity contribution in [1.82, 2.24) is 4.90 Å². The molecular formula is C19H20Cl3N3O. The van der Waals surface area contributed by atoms with Gasteiger partial charge in [-0.05, 0) is 35.9 Å². The van der Waals surface area contributed by atoms with Crippen molar-refractivity contribution in [3.63, 3.8) is 0 Å². The Morgan fingerprint density at radius 2 is 1.73 bits per heavy atom. The lowest BCUT2D eigenvalue weighted by Gasteiger charge is -2.48. The molecule has 2 atom stereocenters. The Labute approximate surface area is 168 Å². The Kier molecular flexibility index (Phi) is 5.98. The van der Waals surface area contributed by atoms with E-state index in [4.69, 9.17) is 40.5 Å². The number of carbonyl (C=O) groups is 1. The Morgan fingerprint density at radius 1 is 1.08 bits per heavy atom. The molecule has 0 aliphatic carbocycles. The van der Waals surface area contributed by atoms with Crippen molar-refractivity contribution in [3.05, 3.63) is 63.1 Å². The molecule has 1 aliphatic rings. The van der Waals surface area contributed by atoms with Gasteiger partial charge in [-0.3, -0.25) is 4.79 Å². The fraction of sp³-hybridized carbons (Fsp3) is 0.316. The highest BCUT2D eigenvalue weighted by atomic mass is 35.5. The highest BCUT2D eigenvalue weighted by Gasteiger charge is 2.38. The summed E-state index contributed by atoms with van der Waals surface area (Å²) in [4.78, 5) is 16.2. The van der Waals surface area contributed by atoms with Crippen molar-refractivity contribution in [3.8, 4) is 0 Å². The number of benzene rings is 2. The van der Waals surface area contributed by atoms with Gasteiger partial charge in [-0.2, -0.15) is 0 Å². The first-order chi connectivity index (χ1) is 12.4. The molecule has 3 rings (SSSR count). The van der Waals surface area contributed by atoms with E-state index in [9.17, 15) is 4.79 Å². The van der Waals surface area contributed by atoms with Crippen molar-refractivity contribution in [2.45, 2.75) is 19.0 Å². The van der Waals surface area contributed by atoms with E-state index in [0.29, 0.717) is 34.7 Å². The van der Waals surface area contributed by atoms with Crippen LogP contribution in [0.4, 0.5) is 5.69 Å². The maximum absolute atomic E-state index is 12.1. The molecule has 1 amide bonds. The van der Waals surface area contributed by atoms with E-state index < -0.39 is 0 Å². The highest BCUT2D eigenvalue weighted by Crippen LogP contribution is 2.39. The van der Waals surface area contributed by atoms with Gasteiger partial charge in [0, 0.05) is 36.6 Å². The van der Waals surface area contributed by atoms with Crippen LogP contribution in [0.5, 0.6) is 0 Å². The number of piperazine rings is 1. The Bertz CT molecular complexity index is 797. The minimum atomic E-state index is -0.172. The number of nitrogens with two attached hydrogens (primary N) is 1. The Balaban J connectivity index is 2.09. The summed E-state index contributed by atoms with van der Waals surface area (Å²) in [5, 5.41) is 1.82. The van der Waals surface area contributed by atoms with E-state index in [-0.39, 0.29) is 18.0 Å². The largest absolute Gasteiger partial charge is 0.359 e. The maximum Gasteiger partial charge on any atom is 0.219 e. The van der Waals surface area contributed by atoms with Crippen LogP contribution in [-0.4, -0.2) is 36.5 Å². The second-order valence-corrected chi connectivity index (χ2v) is 7.58. The van der Waals surface area contributed by atoms with Gasteiger partial charge in [0.05, 0.1) is 22.8 Å². The summed E-state index contributed by atoms with van der Waals surface area (Å²) in [7, 11) is 0. The number of hydrogen-bond donors (Lipinski definition) is 1. The van der Waals surface area contributed by atoms with Crippen molar-refractivity contribution < 1.29 is 4.79 Å². The molecule has 1 saturated heterocycles. The van der Waals surface area contributed by atoms with Crippen LogP contribution in [-0.2, 0) is 4.79 Å². The molecule has 0 spiro atoms. The first kappa shape index (κ1) is 19.3. The Hall–Kier alpha value is -1.46. The number of halogens is 3. The second kappa shape index (κ2) is 8.05. The number of hydrogen-bond acceptors (Lipinski definition) is 3. The van der Waals surface area contributed by atoms with E-state index in [1.807, 2.05) is 41.3 Å². The third-order valence-electron chi connectivity index (χ3n) is 4.76.